The Morgan fingerprint density at radius 2 is 2.17 bits per heavy atom. The Morgan fingerprint density at radius 1 is 1.30 bits per heavy atom. The van der Waals surface area contributed by atoms with E-state index < -0.39 is 5.97 Å². The molecule has 0 unspecified atom stereocenters. The molecule has 0 aliphatic carbocycles. The van der Waals surface area contributed by atoms with Gasteiger partial charge in [-0.05, 0) is 58.6 Å². The van der Waals surface area contributed by atoms with Crippen LogP contribution in [0.1, 0.15) is 22.3 Å². The molecular weight excluding hydrogens is 363 g/mol. The molecule has 3 aromatic rings. The zero-order chi connectivity index (χ0) is 16.2. The van der Waals surface area contributed by atoms with Gasteiger partial charge in [-0.2, -0.15) is 0 Å². The number of esters is 1. The van der Waals surface area contributed by atoms with E-state index in [1.54, 1.807) is 18.3 Å². The monoisotopic (exact) mass is 376 g/mol. The van der Waals surface area contributed by atoms with Crippen LogP contribution in [0.4, 0.5) is 4.39 Å². The second-order valence-electron chi connectivity index (χ2n) is 5.14. The Morgan fingerprint density at radius 3 is 3.00 bits per heavy atom. The first-order chi connectivity index (χ1) is 11.1. The normalized spacial score (nSPS) is 10.9. The number of aryl methyl sites for hydroxylation is 1. The van der Waals surface area contributed by atoms with E-state index in [-0.39, 0.29) is 5.82 Å². The van der Waals surface area contributed by atoms with Crippen LogP contribution in [0.5, 0.6) is 0 Å². The van der Waals surface area contributed by atoms with E-state index in [1.807, 2.05) is 6.20 Å². The highest BCUT2D eigenvalue weighted by molar-refractivity contribution is 9.10. The molecule has 0 radical (unpaired) electrons. The molecule has 6 heteroatoms. The molecule has 0 spiro atoms. The quantitative estimate of drug-likeness (QED) is 0.534. The van der Waals surface area contributed by atoms with Gasteiger partial charge in [-0.15, -0.1) is 0 Å². The van der Waals surface area contributed by atoms with Crippen molar-refractivity contribution in [3.05, 3.63) is 64.3 Å². The minimum atomic E-state index is -0.399. The van der Waals surface area contributed by atoms with Crippen molar-refractivity contribution in [2.24, 2.45) is 0 Å². The maximum atomic E-state index is 13.3. The molecule has 4 nitrogen and oxygen atoms in total. The summed E-state index contributed by atoms with van der Waals surface area (Å²) in [5, 5.41) is 0.868. The molecular formula is C17H14BrFN2O2. The van der Waals surface area contributed by atoms with Gasteiger partial charge in [0.25, 0.3) is 0 Å². The average molecular weight is 377 g/mol. The van der Waals surface area contributed by atoms with Crippen LogP contribution in [0, 0.1) is 5.82 Å². The lowest BCUT2D eigenvalue weighted by atomic mass is 10.1. The topological polar surface area (TPSA) is 55.0 Å². The number of aromatic amines is 1. The molecule has 0 aliphatic rings. The maximum Gasteiger partial charge on any atom is 0.339 e. The standard InChI is InChI=1S/C17H14BrFN2O2/c18-13-6-12(8-20-10-13)17(22)23-5-1-2-11-9-21-16-4-3-14(19)7-15(11)16/h3-4,6-10,21H,1-2,5H2. The van der Waals surface area contributed by atoms with E-state index in [1.165, 1.54) is 18.3 Å². The molecule has 0 fully saturated rings. The molecule has 2 aromatic heterocycles. The van der Waals surface area contributed by atoms with Gasteiger partial charge in [-0.25, -0.2) is 9.18 Å². The second-order valence-corrected chi connectivity index (χ2v) is 6.05. The highest BCUT2D eigenvalue weighted by Crippen LogP contribution is 2.20. The largest absolute Gasteiger partial charge is 0.462 e. The molecule has 23 heavy (non-hydrogen) atoms. The van der Waals surface area contributed by atoms with Crippen LogP contribution in [0.15, 0.2) is 47.3 Å². The third kappa shape index (κ3) is 3.76. The fourth-order valence-electron chi connectivity index (χ4n) is 2.39. The van der Waals surface area contributed by atoms with Crippen molar-refractivity contribution < 1.29 is 13.9 Å². The highest BCUT2D eigenvalue weighted by atomic mass is 79.9. The van der Waals surface area contributed by atoms with Crippen LogP contribution in [0.25, 0.3) is 10.9 Å². The van der Waals surface area contributed by atoms with Crippen molar-refractivity contribution >= 4 is 32.8 Å². The molecule has 0 saturated carbocycles. The number of carbonyl (C=O) groups excluding carboxylic acids is 1. The number of nitrogens with zero attached hydrogens (tertiary/aromatic N) is 1. The summed E-state index contributed by atoms with van der Waals surface area (Å²) >= 11 is 3.26. The predicted molar refractivity (Wildman–Crippen MR) is 88.8 cm³/mol. The SMILES string of the molecule is O=C(OCCCc1c[nH]c2ccc(F)cc12)c1cncc(Br)c1. The van der Waals surface area contributed by atoms with Gasteiger partial charge < -0.3 is 9.72 Å². The number of rotatable bonds is 5. The van der Waals surface area contributed by atoms with E-state index in [0.29, 0.717) is 25.0 Å². The van der Waals surface area contributed by atoms with Crippen molar-refractivity contribution in [3.8, 4) is 0 Å². The first kappa shape index (κ1) is 15.7. The number of ether oxygens (including phenoxy) is 1. The van der Waals surface area contributed by atoms with E-state index in [2.05, 4.69) is 25.9 Å². The van der Waals surface area contributed by atoms with Gasteiger partial charge in [0, 0.05) is 34.0 Å². The van der Waals surface area contributed by atoms with Gasteiger partial charge >= 0.3 is 5.97 Å². The Kier molecular flexibility index (Phi) is 4.71. The average Bonchev–Trinajstić information content (AvgIpc) is 2.93. The highest BCUT2D eigenvalue weighted by Gasteiger charge is 2.09. The first-order valence-electron chi connectivity index (χ1n) is 7.16. The van der Waals surface area contributed by atoms with Gasteiger partial charge in [0.1, 0.15) is 5.82 Å². The van der Waals surface area contributed by atoms with E-state index in [9.17, 15) is 9.18 Å². The summed E-state index contributed by atoms with van der Waals surface area (Å²) in [6.45, 7) is 0.299. The molecule has 0 bridgehead atoms. The lowest BCUT2D eigenvalue weighted by molar-refractivity contribution is 0.0500. The summed E-state index contributed by atoms with van der Waals surface area (Å²) in [6, 6.07) is 6.32. The van der Waals surface area contributed by atoms with Gasteiger partial charge in [0.05, 0.1) is 12.2 Å². The predicted octanol–water partition coefficient (Wildman–Crippen LogP) is 4.25. The molecule has 2 heterocycles. The molecule has 1 aromatic carbocycles. The minimum Gasteiger partial charge on any atom is -0.462 e. The van der Waals surface area contributed by atoms with Gasteiger partial charge in [0.2, 0.25) is 0 Å². The van der Waals surface area contributed by atoms with E-state index in [4.69, 9.17) is 4.74 Å². The number of aromatic nitrogens is 2. The summed E-state index contributed by atoms with van der Waals surface area (Å²) in [5.74, 6) is -0.657. The molecule has 1 N–H and O–H groups in total. The van der Waals surface area contributed by atoms with Crippen LogP contribution in [-0.2, 0) is 11.2 Å². The summed E-state index contributed by atoms with van der Waals surface area (Å²) in [7, 11) is 0. The van der Waals surface area contributed by atoms with Crippen LogP contribution < -0.4 is 0 Å². The number of hydrogen-bond donors (Lipinski definition) is 1. The van der Waals surface area contributed by atoms with Gasteiger partial charge in [0.15, 0.2) is 0 Å². The van der Waals surface area contributed by atoms with Crippen LogP contribution in [0.3, 0.4) is 0 Å². The van der Waals surface area contributed by atoms with Crippen molar-refractivity contribution in [1.29, 1.82) is 0 Å². The summed E-state index contributed by atoms with van der Waals surface area (Å²) in [6.07, 6.45) is 6.30. The number of carbonyl (C=O) groups is 1. The third-order valence-corrected chi connectivity index (χ3v) is 3.93. The fourth-order valence-corrected chi connectivity index (χ4v) is 2.76. The van der Waals surface area contributed by atoms with E-state index in [0.717, 1.165) is 20.9 Å². The van der Waals surface area contributed by atoms with Crippen LogP contribution >= 0.6 is 15.9 Å². The number of halogens is 2. The molecule has 0 aliphatic heterocycles. The van der Waals surface area contributed by atoms with Crippen molar-refractivity contribution in [2.45, 2.75) is 12.8 Å². The van der Waals surface area contributed by atoms with Crippen LogP contribution in [-0.4, -0.2) is 22.5 Å². The number of benzene rings is 1. The zero-order valence-electron chi connectivity index (χ0n) is 12.2. The van der Waals surface area contributed by atoms with Crippen molar-refractivity contribution in [3.63, 3.8) is 0 Å². The number of pyridine rings is 1. The fraction of sp³-hybridized carbons (Fsp3) is 0.176. The first-order valence-corrected chi connectivity index (χ1v) is 7.96. The molecule has 0 saturated heterocycles. The van der Waals surface area contributed by atoms with Crippen molar-refractivity contribution in [2.75, 3.05) is 6.61 Å². The maximum absolute atomic E-state index is 13.3. The number of hydrogen-bond acceptors (Lipinski definition) is 3. The number of nitrogens with one attached hydrogen (secondary N) is 1. The smallest absolute Gasteiger partial charge is 0.339 e. The van der Waals surface area contributed by atoms with Gasteiger partial charge in [-0.1, -0.05) is 0 Å². The number of H-pyrrole nitrogens is 1. The molecule has 0 amide bonds. The van der Waals surface area contributed by atoms with Crippen molar-refractivity contribution in [1.82, 2.24) is 9.97 Å². The lowest BCUT2D eigenvalue weighted by Gasteiger charge is -2.05. The summed E-state index contributed by atoms with van der Waals surface area (Å²) in [4.78, 5) is 18.9. The summed E-state index contributed by atoms with van der Waals surface area (Å²) in [5.41, 5.74) is 2.33. The van der Waals surface area contributed by atoms with Crippen LogP contribution in [0.2, 0.25) is 0 Å². The zero-order valence-corrected chi connectivity index (χ0v) is 13.8. The summed E-state index contributed by atoms with van der Waals surface area (Å²) < 4.78 is 19.3. The second kappa shape index (κ2) is 6.91. The minimum absolute atomic E-state index is 0.257. The molecule has 3 rings (SSSR count). The lowest BCUT2D eigenvalue weighted by Crippen LogP contribution is -2.07. The Balaban J connectivity index is 1.55. The number of fused-ring (bicyclic) bond motifs is 1. The van der Waals surface area contributed by atoms with Gasteiger partial charge in [-0.3, -0.25) is 4.98 Å². The molecule has 0 atom stereocenters. The van der Waals surface area contributed by atoms with E-state index >= 15 is 0 Å². The Labute approximate surface area is 140 Å². The molecule has 118 valence electrons. The Bertz CT molecular complexity index is 847. The Hall–Kier alpha value is -2.21. The third-order valence-electron chi connectivity index (χ3n) is 3.49.